The van der Waals surface area contributed by atoms with Gasteiger partial charge in [0.2, 0.25) is 5.91 Å². The molecule has 4 nitrogen and oxygen atoms in total. The summed E-state index contributed by atoms with van der Waals surface area (Å²) in [5.41, 5.74) is 3.80. The predicted octanol–water partition coefficient (Wildman–Crippen LogP) is 3.80. The van der Waals surface area contributed by atoms with Crippen LogP contribution in [0.3, 0.4) is 0 Å². The number of piperidine rings is 1. The van der Waals surface area contributed by atoms with Gasteiger partial charge in [-0.3, -0.25) is 4.79 Å². The lowest BCUT2D eigenvalue weighted by Crippen LogP contribution is -2.40. The molecule has 0 atom stereocenters. The van der Waals surface area contributed by atoms with Crippen LogP contribution in [0.4, 0.5) is 0 Å². The largest absolute Gasteiger partial charge is 0.490 e. The Bertz CT molecular complexity index is 732. The van der Waals surface area contributed by atoms with Crippen LogP contribution in [0.5, 0.6) is 5.75 Å². The van der Waals surface area contributed by atoms with E-state index in [1.54, 1.807) is 6.92 Å². The number of hydrogen-bond donors (Lipinski definition) is 0. The van der Waals surface area contributed by atoms with Gasteiger partial charge in [0.25, 0.3) is 0 Å². The lowest BCUT2D eigenvalue weighted by Gasteiger charge is -2.31. The predicted molar refractivity (Wildman–Crippen MR) is 105 cm³/mol. The van der Waals surface area contributed by atoms with Crippen molar-refractivity contribution in [1.29, 1.82) is 0 Å². The Kier molecular flexibility index (Phi) is 5.94. The van der Waals surface area contributed by atoms with Crippen LogP contribution in [-0.2, 0) is 11.3 Å². The van der Waals surface area contributed by atoms with E-state index in [1.165, 1.54) is 16.7 Å². The Labute approximate surface area is 156 Å². The van der Waals surface area contributed by atoms with Crippen LogP contribution >= 0.6 is 0 Å². The van der Waals surface area contributed by atoms with Gasteiger partial charge in [0, 0.05) is 39.4 Å². The number of rotatable bonds is 5. The normalized spacial score (nSPS) is 15.3. The highest BCUT2D eigenvalue weighted by molar-refractivity contribution is 5.73. The average molecular weight is 352 g/mol. The summed E-state index contributed by atoms with van der Waals surface area (Å²) in [6.07, 6.45) is 1.98. The average Bonchev–Trinajstić information content (AvgIpc) is 2.63. The van der Waals surface area contributed by atoms with Crippen molar-refractivity contribution in [3.63, 3.8) is 0 Å². The number of likely N-dealkylation sites (tertiary alicyclic amines) is 1. The van der Waals surface area contributed by atoms with Gasteiger partial charge in [-0.1, -0.05) is 36.4 Å². The molecule has 2 aromatic rings. The standard InChI is InChI=1S/C22H28N2O2/c1-17(25)24-14-12-21(13-15-24)26-20-10-8-18(9-11-20)22-7-5-4-6-19(22)16-23(2)3/h4-11,21H,12-16H2,1-3H3. The quantitative estimate of drug-likeness (QED) is 0.820. The highest BCUT2D eigenvalue weighted by Crippen LogP contribution is 2.27. The molecule has 0 aliphatic carbocycles. The number of carbonyl (C=O) groups is 1. The lowest BCUT2D eigenvalue weighted by atomic mass is 9.99. The molecule has 0 bridgehead atoms. The van der Waals surface area contributed by atoms with Crippen LogP contribution in [0, 0.1) is 0 Å². The first-order chi connectivity index (χ1) is 12.5. The maximum absolute atomic E-state index is 11.4. The zero-order valence-electron chi connectivity index (χ0n) is 15.9. The molecule has 3 rings (SSSR count). The SMILES string of the molecule is CC(=O)N1CCC(Oc2ccc(-c3ccccc3CN(C)C)cc2)CC1. The van der Waals surface area contributed by atoms with Crippen molar-refractivity contribution in [1.82, 2.24) is 9.80 Å². The molecular weight excluding hydrogens is 324 g/mol. The second-order valence-electron chi connectivity index (χ2n) is 7.24. The Morgan fingerprint density at radius 3 is 2.35 bits per heavy atom. The summed E-state index contributed by atoms with van der Waals surface area (Å²) in [6.45, 7) is 4.13. The molecule has 1 heterocycles. The number of benzene rings is 2. The van der Waals surface area contributed by atoms with Crippen molar-refractivity contribution in [2.24, 2.45) is 0 Å². The Balaban J connectivity index is 1.65. The van der Waals surface area contributed by atoms with Gasteiger partial charge in [-0.2, -0.15) is 0 Å². The van der Waals surface area contributed by atoms with Gasteiger partial charge in [0.15, 0.2) is 0 Å². The van der Waals surface area contributed by atoms with Crippen molar-refractivity contribution < 1.29 is 9.53 Å². The first kappa shape index (κ1) is 18.5. The molecule has 1 amide bonds. The molecule has 2 aromatic carbocycles. The van der Waals surface area contributed by atoms with Gasteiger partial charge in [-0.05, 0) is 42.9 Å². The summed E-state index contributed by atoms with van der Waals surface area (Å²) in [7, 11) is 4.18. The highest BCUT2D eigenvalue weighted by Gasteiger charge is 2.21. The number of amides is 1. The van der Waals surface area contributed by atoms with Crippen molar-refractivity contribution in [3.8, 4) is 16.9 Å². The lowest BCUT2D eigenvalue weighted by molar-refractivity contribution is -0.130. The van der Waals surface area contributed by atoms with Gasteiger partial charge in [-0.25, -0.2) is 0 Å². The van der Waals surface area contributed by atoms with Crippen molar-refractivity contribution >= 4 is 5.91 Å². The second-order valence-corrected chi connectivity index (χ2v) is 7.24. The summed E-state index contributed by atoms with van der Waals surface area (Å²) < 4.78 is 6.12. The Morgan fingerprint density at radius 1 is 1.08 bits per heavy atom. The number of nitrogens with zero attached hydrogens (tertiary/aromatic N) is 2. The number of hydrogen-bond acceptors (Lipinski definition) is 3. The summed E-state index contributed by atoms with van der Waals surface area (Å²) in [6, 6.07) is 16.9. The molecule has 1 aliphatic heterocycles. The van der Waals surface area contributed by atoms with E-state index in [-0.39, 0.29) is 12.0 Å². The maximum atomic E-state index is 11.4. The molecule has 1 saturated heterocycles. The maximum Gasteiger partial charge on any atom is 0.219 e. The zero-order valence-corrected chi connectivity index (χ0v) is 15.9. The van der Waals surface area contributed by atoms with E-state index in [0.29, 0.717) is 0 Å². The summed E-state index contributed by atoms with van der Waals surface area (Å²) >= 11 is 0. The third-order valence-corrected chi connectivity index (χ3v) is 4.86. The fourth-order valence-corrected chi connectivity index (χ4v) is 3.47. The van der Waals surface area contributed by atoms with E-state index in [1.807, 2.05) is 4.90 Å². The summed E-state index contributed by atoms with van der Waals surface area (Å²) in [5, 5.41) is 0. The molecule has 0 N–H and O–H groups in total. The molecular formula is C22H28N2O2. The molecule has 0 unspecified atom stereocenters. The van der Waals surface area contributed by atoms with E-state index >= 15 is 0 Å². The Morgan fingerprint density at radius 2 is 1.73 bits per heavy atom. The third-order valence-electron chi connectivity index (χ3n) is 4.86. The fourth-order valence-electron chi connectivity index (χ4n) is 3.47. The van der Waals surface area contributed by atoms with Gasteiger partial charge < -0.3 is 14.5 Å². The van der Waals surface area contributed by atoms with E-state index < -0.39 is 0 Å². The molecule has 0 saturated carbocycles. The summed E-state index contributed by atoms with van der Waals surface area (Å²) in [4.78, 5) is 15.5. The first-order valence-corrected chi connectivity index (χ1v) is 9.28. The monoisotopic (exact) mass is 352 g/mol. The van der Waals surface area contributed by atoms with Crippen LogP contribution < -0.4 is 4.74 Å². The molecule has 26 heavy (non-hydrogen) atoms. The van der Waals surface area contributed by atoms with Crippen molar-refractivity contribution in [2.45, 2.75) is 32.4 Å². The molecule has 0 spiro atoms. The first-order valence-electron chi connectivity index (χ1n) is 9.28. The van der Waals surface area contributed by atoms with E-state index in [0.717, 1.165) is 38.2 Å². The van der Waals surface area contributed by atoms with Crippen molar-refractivity contribution in [2.75, 3.05) is 27.2 Å². The molecule has 0 aromatic heterocycles. The van der Waals surface area contributed by atoms with Gasteiger partial charge in [-0.15, -0.1) is 0 Å². The second kappa shape index (κ2) is 8.37. The third kappa shape index (κ3) is 4.64. The molecule has 1 aliphatic rings. The number of carbonyl (C=O) groups excluding carboxylic acids is 1. The fraction of sp³-hybridized carbons (Fsp3) is 0.409. The molecule has 4 heteroatoms. The molecule has 138 valence electrons. The minimum absolute atomic E-state index is 0.157. The van der Waals surface area contributed by atoms with E-state index in [9.17, 15) is 4.79 Å². The van der Waals surface area contributed by atoms with Crippen LogP contribution in [-0.4, -0.2) is 49.0 Å². The van der Waals surface area contributed by atoms with Gasteiger partial charge >= 0.3 is 0 Å². The molecule has 0 radical (unpaired) electrons. The number of ether oxygens (including phenoxy) is 1. The van der Waals surface area contributed by atoms with Crippen LogP contribution in [0.25, 0.3) is 11.1 Å². The summed E-state index contributed by atoms with van der Waals surface area (Å²) in [5.74, 6) is 1.06. The minimum Gasteiger partial charge on any atom is -0.490 e. The molecule has 1 fully saturated rings. The van der Waals surface area contributed by atoms with Crippen LogP contribution in [0.15, 0.2) is 48.5 Å². The van der Waals surface area contributed by atoms with Gasteiger partial charge in [0.05, 0.1) is 0 Å². The minimum atomic E-state index is 0.157. The topological polar surface area (TPSA) is 32.8 Å². The van der Waals surface area contributed by atoms with Crippen LogP contribution in [0.1, 0.15) is 25.3 Å². The van der Waals surface area contributed by atoms with Crippen LogP contribution in [0.2, 0.25) is 0 Å². The van der Waals surface area contributed by atoms with Crippen molar-refractivity contribution in [3.05, 3.63) is 54.1 Å². The smallest absolute Gasteiger partial charge is 0.219 e. The van der Waals surface area contributed by atoms with Gasteiger partial charge in [0.1, 0.15) is 11.9 Å². The van der Waals surface area contributed by atoms with E-state index in [2.05, 4.69) is 67.5 Å². The Hall–Kier alpha value is -2.33. The highest BCUT2D eigenvalue weighted by atomic mass is 16.5. The van der Waals surface area contributed by atoms with E-state index in [4.69, 9.17) is 4.74 Å². The zero-order chi connectivity index (χ0) is 18.5.